The lowest BCUT2D eigenvalue weighted by molar-refractivity contribution is -0.118. The summed E-state index contributed by atoms with van der Waals surface area (Å²) in [7, 11) is 0. The van der Waals surface area contributed by atoms with Gasteiger partial charge in [-0.25, -0.2) is 0 Å². The van der Waals surface area contributed by atoms with Crippen LogP contribution in [0, 0.1) is 0 Å². The van der Waals surface area contributed by atoms with Crippen molar-refractivity contribution < 1.29 is 9.53 Å². The second kappa shape index (κ2) is 5.35. The van der Waals surface area contributed by atoms with E-state index in [-0.39, 0.29) is 12.5 Å². The van der Waals surface area contributed by atoms with Crippen LogP contribution in [0.5, 0.6) is 5.75 Å². The van der Waals surface area contributed by atoms with Crippen LogP contribution in [0.1, 0.15) is 0 Å². The second-order valence-electron chi connectivity index (χ2n) is 4.52. The fraction of sp³-hybridized carbons (Fsp3) is 0.0714. The van der Waals surface area contributed by atoms with E-state index in [0.717, 1.165) is 0 Å². The molecule has 4 N–H and O–H groups in total. The number of nitrogens with one attached hydrogen (secondary N) is 2. The lowest BCUT2D eigenvalue weighted by Gasteiger charge is -2.20. The van der Waals surface area contributed by atoms with Crippen LogP contribution < -0.4 is 21.1 Å². The smallest absolute Gasteiger partial charge is 0.262 e. The number of ether oxygens (including phenoxy) is 1. The first-order valence-electron chi connectivity index (χ1n) is 6.11. The lowest BCUT2D eigenvalue weighted by Crippen LogP contribution is -2.25. The highest BCUT2D eigenvalue weighted by Gasteiger charge is 2.18. The quantitative estimate of drug-likeness (QED) is 0.737. The molecule has 5 nitrogen and oxygen atoms in total. The number of carbonyl (C=O) groups is 1. The number of nitrogens with two attached hydrogens (primary N) is 1. The number of anilines is 4. The van der Waals surface area contributed by atoms with Crippen LogP contribution >= 0.6 is 23.2 Å². The predicted octanol–water partition coefficient (Wildman–Crippen LogP) is 3.65. The van der Waals surface area contributed by atoms with Gasteiger partial charge in [0.05, 0.1) is 27.8 Å². The highest BCUT2D eigenvalue weighted by atomic mass is 35.5. The van der Waals surface area contributed by atoms with Crippen molar-refractivity contribution in [3.63, 3.8) is 0 Å². The van der Waals surface area contributed by atoms with E-state index in [4.69, 9.17) is 33.7 Å². The van der Waals surface area contributed by atoms with Crippen molar-refractivity contribution in [3.8, 4) is 5.75 Å². The third-order valence-corrected chi connectivity index (χ3v) is 3.55. The van der Waals surface area contributed by atoms with Crippen LogP contribution in [0.2, 0.25) is 10.0 Å². The van der Waals surface area contributed by atoms with Crippen molar-refractivity contribution in [1.29, 1.82) is 0 Å². The monoisotopic (exact) mass is 323 g/mol. The molecule has 1 aliphatic heterocycles. The molecular formula is C14H11Cl2N3O2. The molecule has 0 fully saturated rings. The standard InChI is InChI=1S/C14H11Cl2N3O2/c15-7-1-2-8(16)10(3-7)18-11-5-12-13(4-9(11)17)21-6-14(20)19-12/h1-5,18H,6,17H2,(H,19,20). The zero-order valence-corrected chi connectivity index (χ0v) is 12.3. The summed E-state index contributed by atoms with van der Waals surface area (Å²) in [4.78, 5) is 11.4. The number of carbonyl (C=O) groups excluding carboxylic acids is 1. The average Bonchev–Trinajstić information content (AvgIpc) is 2.44. The van der Waals surface area contributed by atoms with Gasteiger partial charge in [-0.3, -0.25) is 4.79 Å². The zero-order chi connectivity index (χ0) is 15.0. The first-order valence-corrected chi connectivity index (χ1v) is 6.87. The van der Waals surface area contributed by atoms with Gasteiger partial charge in [0, 0.05) is 11.1 Å². The Labute approximate surface area is 131 Å². The van der Waals surface area contributed by atoms with Crippen molar-refractivity contribution in [2.45, 2.75) is 0 Å². The molecule has 0 aliphatic carbocycles. The van der Waals surface area contributed by atoms with Crippen LogP contribution in [0.3, 0.4) is 0 Å². The first-order chi connectivity index (χ1) is 10.0. The molecule has 1 aliphatic rings. The maximum atomic E-state index is 11.4. The Morgan fingerprint density at radius 2 is 2.00 bits per heavy atom. The molecule has 7 heteroatoms. The van der Waals surface area contributed by atoms with E-state index in [2.05, 4.69) is 10.6 Å². The lowest BCUT2D eigenvalue weighted by atomic mass is 10.2. The summed E-state index contributed by atoms with van der Waals surface area (Å²) in [5.41, 5.74) is 8.24. The molecule has 0 saturated carbocycles. The van der Waals surface area contributed by atoms with E-state index in [1.54, 1.807) is 30.3 Å². The van der Waals surface area contributed by atoms with Gasteiger partial charge in [-0.15, -0.1) is 0 Å². The van der Waals surface area contributed by atoms with Gasteiger partial charge in [-0.2, -0.15) is 0 Å². The normalized spacial score (nSPS) is 13.1. The number of halogens is 2. The Kier molecular flexibility index (Phi) is 3.53. The number of hydrogen-bond acceptors (Lipinski definition) is 4. The van der Waals surface area contributed by atoms with Crippen molar-refractivity contribution in [2.24, 2.45) is 0 Å². The van der Waals surface area contributed by atoms with Gasteiger partial charge >= 0.3 is 0 Å². The molecule has 0 spiro atoms. The Morgan fingerprint density at radius 1 is 1.19 bits per heavy atom. The minimum absolute atomic E-state index is 0.0145. The maximum absolute atomic E-state index is 11.4. The van der Waals surface area contributed by atoms with Gasteiger partial charge < -0.3 is 21.1 Å². The topological polar surface area (TPSA) is 76.4 Å². The molecule has 0 aromatic heterocycles. The summed E-state index contributed by atoms with van der Waals surface area (Å²) in [5, 5.41) is 6.88. The summed E-state index contributed by atoms with van der Waals surface area (Å²) in [6.45, 7) is -0.0145. The number of rotatable bonds is 2. The van der Waals surface area contributed by atoms with Gasteiger partial charge in [0.1, 0.15) is 5.75 Å². The molecule has 2 aromatic carbocycles. The minimum Gasteiger partial charge on any atom is -0.482 e. The minimum atomic E-state index is -0.209. The van der Waals surface area contributed by atoms with Gasteiger partial charge in [-0.1, -0.05) is 23.2 Å². The van der Waals surface area contributed by atoms with Gasteiger partial charge in [0.15, 0.2) is 6.61 Å². The number of amides is 1. The van der Waals surface area contributed by atoms with E-state index in [0.29, 0.717) is 38.5 Å². The predicted molar refractivity (Wildman–Crippen MR) is 84.7 cm³/mol. The Hall–Kier alpha value is -2.11. The molecule has 0 radical (unpaired) electrons. The number of nitrogen functional groups attached to an aromatic ring is 1. The van der Waals surface area contributed by atoms with Crippen LogP contribution in [0.15, 0.2) is 30.3 Å². The molecule has 2 aromatic rings. The molecule has 0 saturated heterocycles. The fourth-order valence-electron chi connectivity index (χ4n) is 1.99. The fourth-order valence-corrected chi connectivity index (χ4v) is 2.33. The van der Waals surface area contributed by atoms with E-state index < -0.39 is 0 Å². The van der Waals surface area contributed by atoms with Crippen molar-refractivity contribution in [2.75, 3.05) is 23.0 Å². The zero-order valence-electron chi connectivity index (χ0n) is 10.7. The summed E-state index contributed by atoms with van der Waals surface area (Å²) in [6.07, 6.45) is 0. The van der Waals surface area contributed by atoms with Crippen LogP contribution in [-0.2, 0) is 4.79 Å². The molecule has 1 amide bonds. The van der Waals surface area contributed by atoms with E-state index in [1.807, 2.05) is 0 Å². The molecule has 21 heavy (non-hydrogen) atoms. The van der Waals surface area contributed by atoms with E-state index in [1.165, 1.54) is 0 Å². The largest absolute Gasteiger partial charge is 0.482 e. The van der Waals surface area contributed by atoms with Crippen LogP contribution in [0.25, 0.3) is 0 Å². The SMILES string of the molecule is Nc1cc2c(cc1Nc1cc(Cl)ccc1Cl)NC(=O)CO2. The second-order valence-corrected chi connectivity index (χ2v) is 5.37. The number of fused-ring (bicyclic) bond motifs is 1. The maximum Gasteiger partial charge on any atom is 0.262 e. The highest BCUT2D eigenvalue weighted by molar-refractivity contribution is 6.35. The van der Waals surface area contributed by atoms with E-state index >= 15 is 0 Å². The van der Waals surface area contributed by atoms with Gasteiger partial charge in [-0.05, 0) is 24.3 Å². The average molecular weight is 324 g/mol. The molecule has 1 heterocycles. The third kappa shape index (κ3) is 2.84. The molecule has 108 valence electrons. The van der Waals surface area contributed by atoms with Gasteiger partial charge in [0.25, 0.3) is 5.91 Å². The first kappa shape index (κ1) is 13.9. The molecule has 0 unspecified atom stereocenters. The summed E-state index contributed by atoms with van der Waals surface area (Å²) in [6, 6.07) is 8.41. The number of hydrogen-bond donors (Lipinski definition) is 3. The third-order valence-electron chi connectivity index (χ3n) is 2.98. The molecule has 3 rings (SSSR count). The number of benzene rings is 2. The van der Waals surface area contributed by atoms with Crippen molar-refractivity contribution >= 4 is 51.9 Å². The summed E-state index contributed by atoms with van der Waals surface area (Å²) < 4.78 is 5.30. The van der Waals surface area contributed by atoms with Crippen LogP contribution in [-0.4, -0.2) is 12.5 Å². The molecule has 0 atom stereocenters. The van der Waals surface area contributed by atoms with Crippen molar-refractivity contribution in [3.05, 3.63) is 40.4 Å². The summed E-state index contributed by atoms with van der Waals surface area (Å²) in [5.74, 6) is 0.328. The molecule has 0 bridgehead atoms. The highest BCUT2D eigenvalue weighted by Crippen LogP contribution is 2.38. The van der Waals surface area contributed by atoms with Crippen LogP contribution in [0.4, 0.5) is 22.7 Å². The summed E-state index contributed by atoms with van der Waals surface area (Å²) >= 11 is 12.1. The van der Waals surface area contributed by atoms with E-state index in [9.17, 15) is 4.79 Å². The van der Waals surface area contributed by atoms with Gasteiger partial charge in [0.2, 0.25) is 0 Å². The Bertz CT molecular complexity index is 734. The van der Waals surface area contributed by atoms with Crippen molar-refractivity contribution in [1.82, 2.24) is 0 Å². The Balaban J connectivity index is 1.97. The molecular weight excluding hydrogens is 313 g/mol. The Morgan fingerprint density at radius 3 is 2.81 bits per heavy atom.